The van der Waals surface area contributed by atoms with Gasteiger partial charge in [0.15, 0.2) is 0 Å². The van der Waals surface area contributed by atoms with Crippen molar-refractivity contribution < 1.29 is 9.59 Å². The smallest absolute Gasteiger partial charge is 0.242 e. The number of carbonyl (C=O) groups excluding carboxylic acids is 2. The summed E-state index contributed by atoms with van der Waals surface area (Å²) in [5.41, 5.74) is 2.18. The number of rotatable bonds is 5. The highest BCUT2D eigenvalue weighted by Crippen LogP contribution is 2.23. The van der Waals surface area contributed by atoms with E-state index in [0.717, 1.165) is 48.6 Å². The van der Waals surface area contributed by atoms with Crippen LogP contribution in [0.1, 0.15) is 50.7 Å². The first kappa shape index (κ1) is 18.6. The van der Waals surface area contributed by atoms with Crippen molar-refractivity contribution in [2.75, 3.05) is 31.5 Å². The first-order valence-electron chi connectivity index (χ1n) is 9.68. The van der Waals surface area contributed by atoms with Gasteiger partial charge in [-0.15, -0.1) is 0 Å². The average Bonchev–Trinajstić information content (AvgIpc) is 2.88. The monoisotopic (exact) mass is 359 g/mol. The van der Waals surface area contributed by atoms with E-state index < -0.39 is 0 Å². The van der Waals surface area contributed by atoms with Crippen LogP contribution in [-0.4, -0.2) is 63.8 Å². The van der Waals surface area contributed by atoms with Crippen molar-refractivity contribution in [2.24, 2.45) is 0 Å². The molecule has 0 bridgehead atoms. The molecule has 3 rings (SSSR count). The van der Waals surface area contributed by atoms with Crippen molar-refractivity contribution in [2.45, 2.75) is 58.9 Å². The predicted octanol–water partition coefficient (Wildman–Crippen LogP) is 1.41. The Balaban J connectivity index is 1.73. The van der Waals surface area contributed by atoms with Crippen LogP contribution in [0.15, 0.2) is 0 Å². The largest absolute Gasteiger partial charge is 0.368 e. The summed E-state index contributed by atoms with van der Waals surface area (Å²) >= 11 is 0. The van der Waals surface area contributed by atoms with Gasteiger partial charge in [0, 0.05) is 50.5 Å². The zero-order valence-corrected chi connectivity index (χ0v) is 16.0. The lowest BCUT2D eigenvalue weighted by molar-refractivity contribution is -0.138. The lowest BCUT2D eigenvalue weighted by Gasteiger charge is -2.23. The molecule has 7 nitrogen and oxygen atoms in total. The van der Waals surface area contributed by atoms with Crippen LogP contribution in [0.5, 0.6) is 0 Å². The van der Waals surface area contributed by atoms with Crippen LogP contribution in [0.2, 0.25) is 0 Å². The number of anilines is 1. The molecule has 2 aliphatic heterocycles. The Labute approximate surface area is 155 Å². The van der Waals surface area contributed by atoms with Crippen LogP contribution in [-0.2, 0) is 28.9 Å². The van der Waals surface area contributed by atoms with Crippen molar-refractivity contribution in [1.82, 2.24) is 19.8 Å². The fourth-order valence-electron chi connectivity index (χ4n) is 3.59. The molecule has 1 aromatic rings. The van der Waals surface area contributed by atoms with Crippen molar-refractivity contribution in [3.05, 3.63) is 17.1 Å². The van der Waals surface area contributed by atoms with Gasteiger partial charge < -0.3 is 15.1 Å². The third-order valence-electron chi connectivity index (χ3n) is 4.98. The molecule has 142 valence electrons. The molecular formula is C19H29N5O2. The van der Waals surface area contributed by atoms with Crippen LogP contribution < -0.4 is 5.32 Å². The number of hydrogen-bond donors (Lipinski definition) is 1. The van der Waals surface area contributed by atoms with E-state index in [1.807, 2.05) is 4.90 Å². The van der Waals surface area contributed by atoms with Gasteiger partial charge in [0.25, 0.3) is 0 Å². The Hall–Kier alpha value is -2.18. The molecule has 1 fully saturated rings. The molecule has 7 heteroatoms. The van der Waals surface area contributed by atoms with E-state index >= 15 is 0 Å². The van der Waals surface area contributed by atoms with Crippen molar-refractivity contribution in [3.63, 3.8) is 0 Å². The van der Waals surface area contributed by atoms with E-state index in [1.165, 1.54) is 0 Å². The number of nitrogens with zero attached hydrogens (tertiary/aromatic N) is 4. The third-order valence-corrected chi connectivity index (χ3v) is 4.98. The molecule has 1 aromatic heterocycles. The molecule has 26 heavy (non-hydrogen) atoms. The first-order valence-corrected chi connectivity index (χ1v) is 9.68. The minimum Gasteiger partial charge on any atom is -0.368 e. The van der Waals surface area contributed by atoms with Crippen molar-refractivity contribution in [1.29, 1.82) is 0 Å². The molecule has 0 atom stereocenters. The van der Waals surface area contributed by atoms with E-state index in [-0.39, 0.29) is 18.4 Å². The summed E-state index contributed by atoms with van der Waals surface area (Å²) in [6, 6.07) is 0.292. The molecule has 3 heterocycles. The molecule has 2 aliphatic rings. The van der Waals surface area contributed by atoms with E-state index in [2.05, 4.69) is 31.1 Å². The fourth-order valence-corrected chi connectivity index (χ4v) is 3.59. The van der Waals surface area contributed by atoms with E-state index in [0.29, 0.717) is 32.1 Å². The van der Waals surface area contributed by atoms with Crippen LogP contribution in [0.3, 0.4) is 0 Å². The molecule has 0 unspecified atom stereocenters. The van der Waals surface area contributed by atoms with Gasteiger partial charge in [0.1, 0.15) is 11.6 Å². The SMILES string of the molecule is CCc1nc2c(c(NC(C)C)n1)CCN(C(=O)CN1CCCC1=O)CC2. The Morgan fingerprint density at radius 1 is 1.15 bits per heavy atom. The fraction of sp³-hybridized carbons (Fsp3) is 0.684. The highest BCUT2D eigenvalue weighted by atomic mass is 16.2. The minimum absolute atomic E-state index is 0.0371. The van der Waals surface area contributed by atoms with Gasteiger partial charge in [-0.25, -0.2) is 9.97 Å². The van der Waals surface area contributed by atoms with Gasteiger partial charge in [0.05, 0.1) is 12.2 Å². The van der Waals surface area contributed by atoms with Gasteiger partial charge in [-0.05, 0) is 26.7 Å². The zero-order valence-electron chi connectivity index (χ0n) is 16.0. The number of carbonyl (C=O) groups is 2. The maximum Gasteiger partial charge on any atom is 0.242 e. The zero-order chi connectivity index (χ0) is 18.7. The Morgan fingerprint density at radius 3 is 2.58 bits per heavy atom. The normalized spacial score (nSPS) is 17.5. The molecule has 1 N–H and O–H groups in total. The van der Waals surface area contributed by atoms with Gasteiger partial charge in [-0.1, -0.05) is 6.92 Å². The second-order valence-corrected chi connectivity index (χ2v) is 7.37. The van der Waals surface area contributed by atoms with Crippen molar-refractivity contribution >= 4 is 17.6 Å². The second-order valence-electron chi connectivity index (χ2n) is 7.37. The quantitative estimate of drug-likeness (QED) is 0.860. The van der Waals surface area contributed by atoms with E-state index in [1.54, 1.807) is 4.90 Å². The van der Waals surface area contributed by atoms with Crippen molar-refractivity contribution in [3.8, 4) is 0 Å². The van der Waals surface area contributed by atoms with Crippen LogP contribution in [0, 0.1) is 0 Å². The van der Waals surface area contributed by atoms with Crippen LogP contribution in [0.25, 0.3) is 0 Å². The average molecular weight is 359 g/mol. The number of amides is 2. The van der Waals surface area contributed by atoms with E-state index in [9.17, 15) is 9.59 Å². The number of aromatic nitrogens is 2. The van der Waals surface area contributed by atoms with Crippen LogP contribution in [0.4, 0.5) is 5.82 Å². The molecule has 0 aromatic carbocycles. The minimum atomic E-state index is 0.0371. The molecular weight excluding hydrogens is 330 g/mol. The Bertz CT molecular complexity index is 689. The van der Waals surface area contributed by atoms with Gasteiger partial charge in [-0.2, -0.15) is 0 Å². The maximum atomic E-state index is 12.7. The molecule has 0 aliphatic carbocycles. The summed E-state index contributed by atoms with van der Waals surface area (Å²) < 4.78 is 0. The summed E-state index contributed by atoms with van der Waals surface area (Å²) in [7, 11) is 0. The number of likely N-dealkylation sites (tertiary alicyclic amines) is 1. The second kappa shape index (κ2) is 8.01. The van der Waals surface area contributed by atoms with Gasteiger partial charge in [0.2, 0.25) is 11.8 Å². The van der Waals surface area contributed by atoms with Gasteiger partial charge in [-0.3, -0.25) is 9.59 Å². The summed E-state index contributed by atoms with van der Waals surface area (Å²) in [4.78, 5) is 37.4. The van der Waals surface area contributed by atoms with Gasteiger partial charge >= 0.3 is 0 Å². The van der Waals surface area contributed by atoms with E-state index in [4.69, 9.17) is 4.98 Å². The summed E-state index contributed by atoms with van der Waals surface area (Å²) in [6.45, 7) is 8.45. The summed E-state index contributed by atoms with van der Waals surface area (Å²) in [5, 5.41) is 3.44. The highest BCUT2D eigenvalue weighted by molar-refractivity contribution is 5.86. The molecule has 0 saturated carbocycles. The molecule has 0 radical (unpaired) electrons. The van der Waals surface area contributed by atoms with Crippen LogP contribution >= 0.6 is 0 Å². The molecule has 2 amide bonds. The highest BCUT2D eigenvalue weighted by Gasteiger charge is 2.27. The standard InChI is InChI=1S/C19H29N5O2/c1-4-16-21-15-8-11-23(18(26)12-24-9-5-6-17(24)25)10-7-14(15)19(22-16)20-13(2)3/h13H,4-12H2,1-3H3,(H,20,21,22). The maximum absolute atomic E-state index is 12.7. The molecule has 1 saturated heterocycles. The number of nitrogens with one attached hydrogen (secondary N) is 1. The number of aryl methyl sites for hydroxylation is 1. The number of hydrogen-bond acceptors (Lipinski definition) is 5. The third kappa shape index (κ3) is 4.14. The molecule has 0 spiro atoms. The summed E-state index contributed by atoms with van der Waals surface area (Å²) in [6.07, 6.45) is 3.70. The summed E-state index contributed by atoms with van der Waals surface area (Å²) in [5.74, 6) is 1.88. The number of fused-ring (bicyclic) bond motifs is 1. The predicted molar refractivity (Wildman–Crippen MR) is 100.0 cm³/mol. The first-order chi connectivity index (χ1) is 12.5. The topological polar surface area (TPSA) is 78.4 Å². The Kier molecular flexibility index (Phi) is 5.74. The Morgan fingerprint density at radius 2 is 1.92 bits per heavy atom. The lowest BCUT2D eigenvalue weighted by Crippen LogP contribution is -2.42. The lowest BCUT2D eigenvalue weighted by atomic mass is 10.1.